The summed E-state index contributed by atoms with van der Waals surface area (Å²) in [5.41, 5.74) is 4.06. The smallest absolute Gasteiger partial charge is 0.335 e. The summed E-state index contributed by atoms with van der Waals surface area (Å²) in [4.78, 5) is 15.5. The van der Waals surface area contributed by atoms with E-state index in [1.54, 1.807) is 6.07 Å². The van der Waals surface area contributed by atoms with Gasteiger partial charge in [-0.15, -0.1) is 0 Å². The van der Waals surface area contributed by atoms with Crippen LogP contribution in [0.4, 0.5) is 0 Å². The van der Waals surface area contributed by atoms with Crippen LogP contribution in [0, 0.1) is 20.8 Å². The number of hydrogen-bond acceptors (Lipinski definition) is 3. The Hall–Kier alpha value is -2.36. The fraction of sp³-hybridized carbons (Fsp3) is 0.294. The normalized spacial score (nSPS) is 10.5. The first-order valence-electron chi connectivity index (χ1n) is 6.91. The quantitative estimate of drug-likeness (QED) is 0.920. The van der Waals surface area contributed by atoms with Crippen molar-refractivity contribution < 1.29 is 14.6 Å². The third kappa shape index (κ3) is 3.21. The molecule has 0 bridgehead atoms. The number of carbonyl (C=O) groups is 1. The number of aromatic carboxylic acids is 1. The molecule has 1 heterocycles. The van der Waals surface area contributed by atoms with E-state index in [0.717, 1.165) is 22.4 Å². The lowest BCUT2D eigenvalue weighted by Crippen LogP contribution is -2.02. The molecule has 0 aliphatic rings. The minimum atomic E-state index is -0.977. The Morgan fingerprint density at radius 2 is 1.86 bits per heavy atom. The average Bonchev–Trinajstić information content (AvgIpc) is 2.47. The van der Waals surface area contributed by atoms with Gasteiger partial charge in [0.2, 0.25) is 5.88 Å². The van der Waals surface area contributed by atoms with Gasteiger partial charge in [0, 0.05) is 11.8 Å². The summed E-state index contributed by atoms with van der Waals surface area (Å²) in [5.74, 6) is 0.0882. The summed E-state index contributed by atoms with van der Waals surface area (Å²) >= 11 is 0. The highest BCUT2D eigenvalue weighted by Gasteiger charge is 2.12. The van der Waals surface area contributed by atoms with Crippen LogP contribution in [0.3, 0.4) is 0 Å². The predicted octanol–water partition coefficient (Wildman–Crippen LogP) is 4.06. The molecule has 0 aliphatic carbocycles. The Kier molecular flexibility index (Phi) is 4.26. The molecule has 4 heteroatoms. The lowest BCUT2D eigenvalue weighted by atomic mass is 10.1. The zero-order valence-corrected chi connectivity index (χ0v) is 12.7. The van der Waals surface area contributed by atoms with Crippen molar-refractivity contribution in [2.45, 2.75) is 34.1 Å². The molecule has 21 heavy (non-hydrogen) atoms. The minimum Gasteiger partial charge on any atom is -0.478 e. The van der Waals surface area contributed by atoms with Crippen molar-refractivity contribution in [3.05, 3.63) is 52.2 Å². The maximum atomic E-state index is 11.2. The fourth-order valence-corrected chi connectivity index (χ4v) is 2.10. The first kappa shape index (κ1) is 15.0. The molecule has 0 amide bonds. The van der Waals surface area contributed by atoms with Crippen molar-refractivity contribution in [2.75, 3.05) is 0 Å². The van der Waals surface area contributed by atoms with Crippen molar-refractivity contribution in [1.82, 2.24) is 4.98 Å². The Morgan fingerprint density at radius 1 is 1.19 bits per heavy atom. The lowest BCUT2D eigenvalue weighted by molar-refractivity contribution is 0.0696. The molecule has 4 nitrogen and oxygen atoms in total. The number of benzene rings is 1. The van der Waals surface area contributed by atoms with E-state index in [1.165, 1.54) is 6.07 Å². The van der Waals surface area contributed by atoms with Gasteiger partial charge in [-0.1, -0.05) is 19.1 Å². The number of ether oxygens (including phenoxy) is 1. The van der Waals surface area contributed by atoms with Crippen molar-refractivity contribution in [3.8, 4) is 11.6 Å². The zero-order valence-electron chi connectivity index (χ0n) is 12.7. The number of aromatic nitrogens is 1. The lowest BCUT2D eigenvalue weighted by Gasteiger charge is -2.14. The fourth-order valence-electron chi connectivity index (χ4n) is 2.10. The molecule has 0 aliphatic heterocycles. The summed E-state index contributed by atoms with van der Waals surface area (Å²) < 4.78 is 5.88. The van der Waals surface area contributed by atoms with E-state index >= 15 is 0 Å². The van der Waals surface area contributed by atoms with Gasteiger partial charge in [0.25, 0.3) is 0 Å². The molecule has 2 aromatic rings. The Bertz CT molecular complexity index is 693. The topological polar surface area (TPSA) is 59.4 Å². The van der Waals surface area contributed by atoms with Gasteiger partial charge >= 0.3 is 5.97 Å². The zero-order chi connectivity index (χ0) is 15.6. The summed E-state index contributed by atoms with van der Waals surface area (Å²) in [7, 11) is 0. The molecule has 0 saturated heterocycles. The first-order valence-corrected chi connectivity index (χ1v) is 6.91. The summed E-state index contributed by atoms with van der Waals surface area (Å²) in [6, 6.07) is 7.06. The van der Waals surface area contributed by atoms with E-state index in [1.807, 2.05) is 39.8 Å². The monoisotopic (exact) mass is 285 g/mol. The van der Waals surface area contributed by atoms with Gasteiger partial charge < -0.3 is 9.84 Å². The number of aryl methyl sites for hydroxylation is 3. The van der Waals surface area contributed by atoms with Gasteiger partial charge in [-0.25, -0.2) is 9.78 Å². The molecule has 1 N–H and O–H groups in total. The van der Waals surface area contributed by atoms with Crippen molar-refractivity contribution in [2.24, 2.45) is 0 Å². The van der Waals surface area contributed by atoms with Gasteiger partial charge in [-0.3, -0.25) is 0 Å². The van der Waals surface area contributed by atoms with Crippen LogP contribution < -0.4 is 4.74 Å². The number of pyridine rings is 1. The van der Waals surface area contributed by atoms with Crippen molar-refractivity contribution >= 4 is 5.97 Å². The van der Waals surface area contributed by atoms with Crippen LogP contribution in [0.25, 0.3) is 0 Å². The number of carboxylic acid groups (broad SMARTS) is 1. The van der Waals surface area contributed by atoms with E-state index in [-0.39, 0.29) is 5.56 Å². The molecule has 110 valence electrons. The molecular formula is C17H19NO3. The van der Waals surface area contributed by atoms with Gasteiger partial charge in [0.15, 0.2) is 0 Å². The maximum Gasteiger partial charge on any atom is 0.335 e. The van der Waals surface area contributed by atoms with E-state index in [0.29, 0.717) is 18.0 Å². The second-order valence-electron chi connectivity index (χ2n) is 5.10. The third-order valence-electron chi connectivity index (χ3n) is 3.54. The maximum absolute atomic E-state index is 11.2. The molecule has 1 aromatic heterocycles. The van der Waals surface area contributed by atoms with Crippen LogP contribution in [0.5, 0.6) is 11.6 Å². The van der Waals surface area contributed by atoms with E-state index < -0.39 is 5.97 Å². The van der Waals surface area contributed by atoms with Gasteiger partial charge in [-0.2, -0.15) is 0 Å². The second-order valence-corrected chi connectivity index (χ2v) is 5.10. The van der Waals surface area contributed by atoms with Crippen LogP contribution in [0.1, 0.15) is 39.7 Å². The number of nitrogens with zero attached hydrogens (tertiary/aromatic N) is 1. The molecule has 0 atom stereocenters. The van der Waals surface area contributed by atoms with Crippen LogP contribution in [0.15, 0.2) is 24.3 Å². The molecule has 0 spiro atoms. The summed E-state index contributed by atoms with van der Waals surface area (Å²) in [5, 5.41) is 9.17. The largest absolute Gasteiger partial charge is 0.478 e. The molecule has 0 radical (unpaired) electrons. The highest BCUT2D eigenvalue weighted by atomic mass is 16.5. The van der Waals surface area contributed by atoms with Crippen molar-refractivity contribution in [3.63, 3.8) is 0 Å². The Labute approximate surface area is 124 Å². The predicted molar refractivity (Wildman–Crippen MR) is 81.3 cm³/mol. The first-order chi connectivity index (χ1) is 9.92. The van der Waals surface area contributed by atoms with E-state index in [4.69, 9.17) is 9.84 Å². The van der Waals surface area contributed by atoms with Crippen LogP contribution in [-0.2, 0) is 6.42 Å². The van der Waals surface area contributed by atoms with Crippen molar-refractivity contribution in [1.29, 1.82) is 0 Å². The molecule has 0 fully saturated rings. The minimum absolute atomic E-state index is 0.194. The molecule has 0 saturated carbocycles. The summed E-state index contributed by atoms with van der Waals surface area (Å²) in [6.45, 7) is 7.89. The van der Waals surface area contributed by atoms with Crippen LogP contribution >= 0.6 is 0 Å². The second kappa shape index (κ2) is 5.95. The highest BCUT2D eigenvalue weighted by Crippen LogP contribution is 2.30. The molecule has 1 aromatic carbocycles. The SMILES string of the molecule is CCc1cc(C(=O)O)cc(Oc2c(C)ccc(C)c2C)n1. The van der Waals surface area contributed by atoms with E-state index in [2.05, 4.69) is 4.98 Å². The van der Waals surface area contributed by atoms with Gasteiger partial charge in [-0.05, 0) is 49.9 Å². The van der Waals surface area contributed by atoms with Gasteiger partial charge in [0.1, 0.15) is 5.75 Å². The Morgan fingerprint density at radius 3 is 2.48 bits per heavy atom. The highest BCUT2D eigenvalue weighted by molar-refractivity contribution is 5.88. The van der Waals surface area contributed by atoms with Gasteiger partial charge in [0.05, 0.1) is 5.56 Å². The summed E-state index contributed by atoms with van der Waals surface area (Å²) in [6.07, 6.45) is 0.656. The van der Waals surface area contributed by atoms with E-state index in [9.17, 15) is 4.79 Å². The number of hydrogen-bond donors (Lipinski definition) is 1. The standard InChI is InChI=1S/C17H19NO3/c1-5-14-8-13(17(19)20)9-15(18-14)21-16-11(3)7-6-10(2)12(16)4/h6-9H,5H2,1-4H3,(H,19,20). The average molecular weight is 285 g/mol. The Balaban J connectivity index is 2.47. The van der Waals surface area contributed by atoms with Crippen LogP contribution in [0.2, 0.25) is 0 Å². The number of rotatable bonds is 4. The van der Waals surface area contributed by atoms with Crippen LogP contribution in [-0.4, -0.2) is 16.1 Å². The molecule has 0 unspecified atom stereocenters. The molecular weight excluding hydrogens is 266 g/mol. The third-order valence-corrected chi connectivity index (χ3v) is 3.54. The number of carboxylic acids is 1. The molecule has 2 rings (SSSR count).